The fraction of sp³-hybridized carbons (Fsp3) is 0.600. The number of benzene rings is 1. The third-order valence-electron chi connectivity index (χ3n) is 3.85. The Hall–Kier alpha value is -1.10. The third-order valence-corrected chi connectivity index (χ3v) is 3.85. The molecule has 0 amide bonds. The van der Waals surface area contributed by atoms with Crippen molar-refractivity contribution in [2.75, 3.05) is 28.1 Å². The molecule has 1 aromatic rings. The Kier molecular flexibility index (Phi) is 4.80. The van der Waals surface area contributed by atoms with E-state index in [0.29, 0.717) is 0 Å². The second kappa shape index (κ2) is 6.37. The summed E-state index contributed by atoms with van der Waals surface area (Å²) in [5, 5.41) is 0. The zero-order chi connectivity index (χ0) is 13.7. The Morgan fingerprint density at radius 2 is 2.11 bits per heavy atom. The number of hydrogen-bond acceptors (Lipinski definition) is 4. The summed E-state index contributed by atoms with van der Waals surface area (Å²) in [6.07, 6.45) is 3.19. The molecule has 0 radical (unpaired) electrons. The molecule has 0 heterocycles. The highest BCUT2D eigenvalue weighted by molar-refractivity contribution is 5.34. The van der Waals surface area contributed by atoms with E-state index in [4.69, 9.17) is 18.9 Å². The topological polar surface area (TPSA) is 36.9 Å². The van der Waals surface area contributed by atoms with E-state index in [0.717, 1.165) is 30.6 Å². The minimum atomic E-state index is -0.360. The van der Waals surface area contributed by atoms with Crippen molar-refractivity contribution in [2.24, 2.45) is 0 Å². The Morgan fingerprint density at radius 3 is 2.79 bits per heavy atom. The number of methoxy groups -OCH3 is 3. The van der Waals surface area contributed by atoms with Gasteiger partial charge >= 0.3 is 0 Å². The van der Waals surface area contributed by atoms with Crippen molar-refractivity contribution in [1.82, 2.24) is 0 Å². The highest BCUT2D eigenvalue weighted by atomic mass is 16.7. The molecule has 0 N–H and O–H groups in total. The van der Waals surface area contributed by atoms with Gasteiger partial charge in [0.1, 0.15) is 11.4 Å². The van der Waals surface area contributed by atoms with Gasteiger partial charge in [-0.1, -0.05) is 12.1 Å². The minimum Gasteiger partial charge on any atom is -0.468 e. The highest BCUT2D eigenvalue weighted by Crippen LogP contribution is 2.44. The first-order valence-electron chi connectivity index (χ1n) is 6.57. The van der Waals surface area contributed by atoms with E-state index in [2.05, 4.69) is 6.07 Å². The maximum Gasteiger partial charge on any atom is 0.188 e. The normalized spacial score (nSPS) is 26.6. The second-order valence-corrected chi connectivity index (χ2v) is 4.79. The summed E-state index contributed by atoms with van der Waals surface area (Å²) in [6, 6.07) is 7.98. The quantitative estimate of drug-likeness (QED) is 0.742. The van der Waals surface area contributed by atoms with Gasteiger partial charge in [0.2, 0.25) is 0 Å². The standard InChI is InChI=1S/C15H22O4/c1-16-11-19-13-7-4-6-12(10-13)15(18-3)9-5-8-14(15)17-2/h4,6-7,10,14H,5,8-9,11H2,1-3H3. The van der Waals surface area contributed by atoms with E-state index < -0.39 is 0 Å². The van der Waals surface area contributed by atoms with Crippen LogP contribution in [-0.4, -0.2) is 34.2 Å². The lowest BCUT2D eigenvalue weighted by Gasteiger charge is -2.34. The molecule has 0 spiro atoms. The summed E-state index contributed by atoms with van der Waals surface area (Å²) in [5.41, 5.74) is 0.745. The molecule has 106 valence electrons. The Balaban J connectivity index is 2.27. The van der Waals surface area contributed by atoms with E-state index >= 15 is 0 Å². The van der Waals surface area contributed by atoms with E-state index in [-0.39, 0.29) is 18.5 Å². The maximum atomic E-state index is 5.84. The molecule has 1 fully saturated rings. The lowest BCUT2D eigenvalue weighted by atomic mass is 9.89. The van der Waals surface area contributed by atoms with Crippen LogP contribution in [0.5, 0.6) is 5.75 Å². The largest absolute Gasteiger partial charge is 0.468 e. The van der Waals surface area contributed by atoms with E-state index in [1.807, 2.05) is 18.2 Å². The van der Waals surface area contributed by atoms with Crippen LogP contribution in [0.15, 0.2) is 24.3 Å². The first-order valence-corrected chi connectivity index (χ1v) is 6.57. The lowest BCUT2D eigenvalue weighted by molar-refractivity contribution is -0.104. The zero-order valence-corrected chi connectivity index (χ0v) is 11.8. The second-order valence-electron chi connectivity index (χ2n) is 4.79. The summed E-state index contributed by atoms with van der Waals surface area (Å²) >= 11 is 0. The zero-order valence-electron chi connectivity index (χ0n) is 11.8. The van der Waals surface area contributed by atoms with Crippen molar-refractivity contribution >= 4 is 0 Å². The van der Waals surface area contributed by atoms with Gasteiger partial charge in [-0.3, -0.25) is 0 Å². The Labute approximate surface area is 114 Å². The first-order chi connectivity index (χ1) is 9.26. The molecule has 4 nitrogen and oxygen atoms in total. The molecule has 2 rings (SSSR count). The molecule has 19 heavy (non-hydrogen) atoms. The van der Waals surface area contributed by atoms with Gasteiger partial charge in [0.25, 0.3) is 0 Å². The van der Waals surface area contributed by atoms with Gasteiger partial charge < -0.3 is 18.9 Å². The summed E-state index contributed by atoms with van der Waals surface area (Å²) in [6.45, 7) is 0.247. The van der Waals surface area contributed by atoms with Crippen molar-refractivity contribution in [3.8, 4) is 5.75 Å². The van der Waals surface area contributed by atoms with Gasteiger partial charge in [0, 0.05) is 21.3 Å². The van der Waals surface area contributed by atoms with Crippen LogP contribution in [-0.2, 0) is 19.8 Å². The van der Waals surface area contributed by atoms with Crippen LogP contribution in [0.1, 0.15) is 24.8 Å². The van der Waals surface area contributed by atoms with Crippen LogP contribution < -0.4 is 4.74 Å². The molecular weight excluding hydrogens is 244 g/mol. The van der Waals surface area contributed by atoms with Crippen LogP contribution in [0.3, 0.4) is 0 Å². The number of hydrogen-bond donors (Lipinski definition) is 0. The van der Waals surface area contributed by atoms with Crippen molar-refractivity contribution in [1.29, 1.82) is 0 Å². The van der Waals surface area contributed by atoms with Crippen LogP contribution in [0.2, 0.25) is 0 Å². The molecule has 1 aliphatic carbocycles. The highest BCUT2D eigenvalue weighted by Gasteiger charge is 2.45. The molecule has 0 aliphatic heterocycles. The average molecular weight is 266 g/mol. The SMILES string of the molecule is COCOc1cccc(C2(OC)CCCC2OC)c1. The molecule has 1 saturated carbocycles. The molecule has 1 aromatic carbocycles. The number of ether oxygens (including phenoxy) is 4. The summed E-state index contributed by atoms with van der Waals surface area (Å²) in [5.74, 6) is 0.789. The van der Waals surface area contributed by atoms with Crippen molar-refractivity contribution < 1.29 is 18.9 Å². The van der Waals surface area contributed by atoms with Crippen molar-refractivity contribution in [2.45, 2.75) is 31.0 Å². The molecule has 4 heteroatoms. The lowest BCUT2D eigenvalue weighted by Crippen LogP contribution is -2.37. The molecule has 2 atom stereocenters. The van der Waals surface area contributed by atoms with Gasteiger partial charge in [-0.05, 0) is 37.0 Å². The smallest absolute Gasteiger partial charge is 0.188 e. The first kappa shape index (κ1) is 14.3. The van der Waals surface area contributed by atoms with Gasteiger partial charge in [-0.15, -0.1) is 0 Å². The molecule has 0 saturated heterocycles. The van der Waals surface area contributed by atoms with Gasteiger partial charge in [0.05, 0.1) is 6.10 Å². The molecule has 1 aliphatic rings. The van der Waals surface area contributed by atoms with Gasteiger partial charge in [0.15, 0.2) is 6.79 Å². The van der Waals surface area contributed by atoms with E-state index in [9.17, 15) is 0 Å². The predicted molar refractivity (Wildman–Crippen MR) is 72.3 cm³/mol. The van der Waals surface area contributed by atoms with Crippen LogP contribution >= 0.6 is 0 Å². The van der Waals surface area contributed by atoms with Gasteiger partial charge in [-0.2, -0.15) is 0 Å². The molecule has 0 aromatic heterocycles. The summed E-state index contributed by atoms with van der Waals surface area (Å²) in [4.78, 5) is 0. The van der Waals surface area contributed by atoms with Crippen molar-refractivity contribution in [3.63, 3.8) is 0 Å². The minimum absolute atomic E-state index is 0.0928. The third kappa shape index (κ3) is 2.76. The summed E-state index contributed by atoms with van der Waals surface area (Å²) in [7, 11) is 5.10. The van der Waals surface area contributed by atoms with Gasteiger partial charge in [-0.25, -0.2) is 0 Å². The van der Waals surface area contributed by atoms with E-state index in [1.54, 1.807) is 21.3 Å². The Bertz CT molecular complexity index is 407. The predicted octanol–water partition coefficient (Wildman–Crippen LogP) is 2.71. The van der Waals surface area contributed by atoms with Crippen LogP contribution in [0, 0.1) is 0 Å². The summed E-state index contributed by atoms with van der Waals surface area (Å²) < 4.78 is 21.9. The molecule has 2 unspecified atom stereocenters. The fourth-order valence-corrected chi connectivity index (χ4v) is 2.91. The average Bonchev–Trinajstić information content (AvgIpc) is 2.89. The Morgan fingerprint density at radius 1 is 1.26 bits per heavy atom. The van der Waals surface area contributed by atoms with Crippen LogP contribution in [0.25, 0.3) is 0 Å². The maximum absolute atomic E-state index is 5.84. The fourth-order valence-electron chi connectivity index (χ4n) is 2.91. The molecular formula is C15H22O4. The van der Waals surface area contributed by atoms with E-state index in [1.165, 1.54) is 0 Å². The monoisotopic (exact) mass is 266 g/mol. The molecule has 0 bridgehead atoms. The van der Waals surface area contributed by atoms with Crippen LogP contribution in [0.4, 0.5) is 0 Å². The van der Waals surface area contributed by atoms with Crippen molar-refractivity contribution in [3.05, 3.63) is 29.8 Å². The number of rotatable bonds is 6.